The number of nitriles is 1. The van der Waals surface area contributed by atoms with Gasteiger partial charge in [0.05, 0.1) is 23.5 Å². The van der Waals surface area contributed by atoms with Gasteiger partial charge < -0.3 is 10.2 Å². The van der Waals surface area contributed by atoms with Crippen molar-refractivity contribution in [3.05, 3.63) is 47.5 Å². The van der Waals surface area contributed by atoms with Crippen molar-refractivity contribution >= 4 is 5.69 Å². The molecule has 3 rings (SSSR count). The zero-order chi connectivity index (χ0) is 16.2. The first-order chi connectivity index (χ1) is 11.2. The van der Waals surface area contributed by atoms with Gasteiger partial charge in [0.25, 0.3) is 0 Å². The fraction of sp³-hybridized carbons (Fsp3) is 0.412. The van der Waals surface area contributed by atoms with Gasteiger partial charge in [-0.1, -0.05) is 0 Å². The summed E-state index contributed by atoms with van der Waals surface area (Å²) in [5.74, 6) is -0.322. The lowest BCUT2D eigenvalue weighted by Crippen LogP contribution is -2.45. The number of nitrogens with zero attached hydrogens (tertiary/aromatic N) is 4. The van der Waals surface area contributed by atoms with Crippen molar-refractivity contribution in [2.24, 2.45) is 7.05 Å². The number of nitrogens with one attached hydrogen (secondary N) is 1. The van der Waals surface area contributed by atoms with Crippen LogP contribution in [0.25, 0.3) is 0 Å². The van der Waals surface area contributed by atoms with Crippen LogP contribution in [0.1, 0.15) is 24.0 Å². The first-order valence-electron chi connectivity index (χ1n) is 7.81. The van der Waals surface area contributed by atoms with Crippen molar-refractivity contribution in [3.8, 4) is 6.07 Å². The van der Waals surface area contributed by atoms with E-state index in [9.17, 15) is 4.39 Å². The summed E-state index contributed by atoms with van der Waals surface area (Å²) in [5.41, 5.74) is 2.08. The highest BCUT2D eigenvalue weighted by molar-refractivity contribution is 5.51. The molecule has 1 aliphatic rings. The Labute approximate surface area is 135 Å². The number of hydrogen-bond acceptors (Lipinski definition) is 4. The predicted octanol–water partition coefficient (Wildman–Crippen LogP) is 2.19. The molecule has 0 saturated carbocycles. The molecular formula is C17H20FN5. The summed E-state index contributed by atoms with van der Waals surface area (Å²) in [6, 6.07) is 6.97. The molecule has 5 nitrogen and oxygen atoms in total. The average Bonchev–Trinajstić information content (AvgIpc) is 2.98. The SMILES string of the molecule is Cn1cc(CN[C@H]2CCCN(c3ccc(C#N)cc3F)C2)cn1. The maximum absolute atomic E-state index is 14.2. The van der Waals surface area contributed by atoms with Crippen LogP contribution in [0, 0.1) is 17.1 Å². The Hall–Kier alpha value is -2.39. The number of anilines is 1. The Bertz CT molecular complexity index is 718. The van der Waals surface area contributed by atoms with Crippen LogP contribution in [0.5, 0.6) is 0 Å². The number of rotatable bonds is 4. The van der Waals surface area contributed by atoms with E-state index in [1.165, 1.54) is 6.07 Å². The fourth-order valence-corrected chi connectivity index (χ4v) is 3.02. The van der Waals surface area contributed by atoms with Gasteiger partial charge in [-0.25, -0.2) is 4.39 Å². The molecule has 0 spiro atoms. The van der Waals surface area contributed by atoms with E-state index in [0.29, 0.717) is 17.3 Å². The first-order valence-corrected chi connectivity index (χ1v) is 7.81. The third kappa shape index (κ3) is 3.69. The van der Waals surface area contributed by atoms with Crippen molar-refractivity contribution in [1.29, 1.82) is 5.26 Å². The summed E-state index contributed by atoms with van der Waals surface area (Å²) in [5, 5.41) is 16.5. The Kier molecular flexibility index (Phi) is 4.58. The summed E-state index contributed by atoms with van der Waals surface area (Å²) in [6.07, 6.45) is 5.95. The summed E-state index contributed by atoms with van der Waals surface area (Å²) in [6.45, 7) is 2.37. The lowest BCUT2D eigenvalue weighted by Gasteiger charge is -2.35. The second-order valence-corrected chi connectivity index (χ2v) is 5.97. The van der Waals surface area contributed by atoms with Gasteiger partial charge in [-0.2, -0.15) is 10.4 Å². The standard InChI is InChI=1S/C17H20FN5/c1-22-11-14(10-21-22)9-20-15-3-2-6-23(12-15)17-5-4-13(8-19)7-16(17)18/h4-5,7,10-11,15,20H,2-3,6,9,12H2,1H3/t15-/m0/s1. The molecule has 6 heteroatoms. The highest BCUT2D eigenvalue weighted by Gasteiger charge is 2.22. The van der Waals surface area contributed by atoms with Crippen LogP contribution in [0.4, 0.5) is 10.1 Å². The van der Waals surface area contributed by atoms with Gasteiger partial charge in [0.15, 0.2) is 0 Å². The van der Waals surface area contributed by atoms with Crippen LogP contribution in [0.2, 0.25) is 0 Å². The summed E-state index contributed by atoms with van der Waals surface area (Å²) >= 11 is 0. The molecule has 1 atom stereocenters. The van der Waals surface area contributed by atoms with Gasteiger partial charge in [-0.3, -0.25) is 4.68 Å². The van der Waals surface area contributed by atoms with E-state index in [0.717, 1.165) is 38.0 Å². The molecule has 1 saturated heterocycles. The zero-order valence-electron chi connectivity index (χ0n) is 13.2. The van der Waals surface area contributed by atoms with Gasteiger partial charge in [-0.15, -0.1) is 0 Å². The Morgan fingerprint density at radius 1 is 1.48 bits per heavy atom. The molecule has 23 heavy (non-hydrogen) atoms. The lowest BCUT2D eigenvalue weighted by molar-refractivity contribution is 0.418. The number of halogens is 1. The molecule has 2 aromatic rings. The minimum absolute atomic E-state index is 0.319. The largest absolute Gasteiger partial charge is 0.368 e. The third-order valence-electron chi connectivity index (χ3n) is 4.19. The van der Waals surface area contributed by atoms with E-state index in [2.05, 4.69) is 15.3 Å². The Morgan fingerprint density at radius 3 is 3.04 bits per heavy atom. The summed E-state index contributed by atoms with van der Waals surface area (Å²) < 4.78 is 16.0. The van der Waals surface area contributed by atoms with Crippen molar-refractivity contribution < 1.29 is 4.39 Å². The molecule has 0 bridgehead atoms. The monoisotopic (exact) mass is 313 g/mol. The topological polar surface area (TPSA) is 56.9 Å². The van der Waals surface area contributed by atoms with Crippen LogP contribution < -0.4 is 10.2 Å². The molecule has 2 heterocycles. The van der Waals surface area contributed by atoms with Crippen molar-refractivity contribution in [2.75, 3.05) is 18.0 Å². The van der Waals surface area contributed by atoms with Crippen LogP contribution in [-0.4, -0.2) is 28.9 Å². The van der Waals surface area contributed by atoms with E-state index in [4.69, 9.17) is 5.26 Å². The first kappa shape index (κ1) is 15.5. The average molecular weight is 313 g/mol. The van der Waals surface area contributed by atoms with E-state index in [1.54, 1.807) is 16.8 Å². The number of benzene rings is 1. The molecule has 120 valence electrons. The maximum Gasteiger partial charge on any atom is 0.147 e. The molecule has 1 aliphatic heterocycles. The second kappa shape index (κ2) is 6.80. The summed E-state index contributed by atoms with van der Waals surface area (Å²) in [4.78, 5) is 2.06. The predicted molar refractivity (Wildman–Crippen MR) is 86.4 cm³/mol. The van der Waals surface area contributed by atoms with E-state index >= 15 is 0 Å². The smallest absolute Gasteiger partial charge is 0.147 e. The fourth-order valence-electron chi connectivity index (χ4n) is 3.02. The second-order valence-electron chi connectivity index (χ2n) is 5.97. The van der Waals surface area contributed by atoms with Gasteiger partial charge >= 0.3 is 0 Å². The number of hydrogen-bond donors (Lipinski definition) is 1. The van der Waals surface area contributed by atoms with Gasteiger partial charge in [-0.05, 0) is 31.0 Å². The maximum atomic E-state index is 14.2. The third-order valence-corrected chi connectivity index (χ3v) is 4.19. The quantitative estimate of drug-likeness (QED) is 0.940. The minimum Gasteiger partial charge on any atom is -0.368 e. The molecule has 0 amide bonds. The highest BCUT2D eigenvalue weighted by atomic mass is 19.1. The lowest BCUT2D eigenvalue weighted by atomic mass is 10.0. The van der Waals surface area contributed by atoms with Crippen molar-refractivity contribution in [3.63, 3.8) is 0 Å². The van der Waals surface area contributed by atoms with Crippen LogP contribution in [0.3, 0.4) is 0 Å². The van der Waals surface area contributed by atoms with Gasteiger partial charge in [0.1, 0.15) is 5.82 Å². The number of piperidine rings is 1. The normalized spacial score (nSPS) is 18.0. The molecule has 0 unspecified atom stereocenters. The van der Waals surface area contributed by atoms with Crippen LogP contribution >= 0.6 is 0 Å². The molecule has 0 radical (unpaired) electrons. The van der Waals surface area contributed by atoms with Crippen LogP contribution in [0.15, 0.2) is 30.6 Å². The number of aryl methyl sites for hydroxylation is 1. The molecular weight excluding hydrogens is 293 g/mol. The summed E-state index contributed by atoms with van der Waals surface area (Å²) in [7, 11) is 1.90. The molecule has 1 fully saturated rings. The van der Waals surface area contributed by atoms with Crippen molar-refractivity contribution in [2.45, 2.75) is 25.4 Å². The molecule has 1 aromatic carbocycles. The Morgan fingerprint density at radius 2 is 2.35 bits per heavy atom. The van der Waals surface area contributed by atoms with Gasteiger partial charge in [0, 0.05) is 44.5 Å². The van der Waals surface area contributed by atoms with E-state index in [1.807, 2.05) is 25.5 Å². The van der Waals surface area contributed by atoms with E-state index < -0.39 is 0 Å². The van der Waals surface area contributed by atoms with Gasteiger partial charge in [0.2, 0.25) is 0 Å². The molecule has 1 N–H and O–H groups in total. The number of aromatic nitrogens is 2. The van der Waals surface area contributed by atoms with E-state index in [-0.39, 0.29) is 5.82 Å². The Balaban J connectivity index is 1.63. The van der Waals surface area contributed by atoms with Crippen molar-refractivity contribution in [1.82, 2.24) is 15.1 Å². The molecule has 0 aliphatic carbocycles. The highest BCUT2D eigenvalue weighted by Crippen LogP contribution is 2.24. The zero-order valence-corrected chi connectivity index (χ0v) is 13.2. The molecule has 1 aromatic heterocycles. The minimum atomic E-state index is -0.322. The van der Waals surface area contributed by atoms with Crippen LogP contribution in [-0.2, 0) is 13.6 Å².